The van der Waals surface area contributed by atoms with Crippen LogP contribution in [0.3, 0.4) is 0 Å². The SMILES string of the molecule is CN(CC(F)(F)F)c1cnc(CN)cn1. The van der Waals surface area contributed by atoms with Crippen LogP contribution < -0.4 is 10.6 Å². The van der Waals surface area contributed by atoms with E-state index in [-0.39, 0.29) is 12.4 Å². The summed E-state index contributed by atoms with van der Waals surface area (Å²) in [5, 5.41) is 0. The lowest BCUT2D eigenvalue weighted by atomic mass is 10.4. The number of rotatable bonds is 3. The topological polar surface area (TPSA) is 55.0 Å². The van der Waals surface area contributed by atoms with Gasteiger partial charge in [-0.2, -0.15) is 13.2 Å². The van der Waals surface area contributed by atoms with E-state index in [0.717, 1.165) is 4.90 Å². The van der Waals surface area contributed by atoms with Gasteiger partial charge in [0.15, 0.2) is 0 Å². The van der Waals surface area contributed by atoms with Crippen LogP contribution in [-0.4, -0.2) is 29.7 Å². The summed E-state index contributed by atoms with van der Waals surface area (Å²) in [5.41, 5.74) is 5.82. The number of nitrogens with two attached hydrogens (primary N) is 1. The van der Waals surface area contributed by atoms with Gasteiger partial charge in [0.1, 0.15) is 12.4 Å². The van der Waals surface area contributed by atoms with Crippen LogP contribution in [0, 0.1) is 0 Å². The highest BCUT2D eigenvalue weighted by molar-refractivity contribution is 5.34. The molecule has 0 aliphatic heterocycles. The van der Waals surface area contributed by atoms with Gasteiger partial charge in [0.05, 0.1) is 18.1 Å². The van der Waals surface area contributed by atoms with Crippen molar-refractivity contribution in [2.24, 2.45) is 5.73 Å². The molecule has 0 saturated heterocycles. The van der Waals surface area contributed by atoms with Crippen molar-refractivity contribution in [2.45, 2.75) is 12.7 Å². The third kappa shape index (κ3) is 3.70. The molecule has 0 bridgehead atoms. The molecule has 1 heterocycles. The second-order valence-corrected chi connectivity index (χ2v) is 3.04. The van der Waals surface area contributed by atoms with Crippen molar-refractivity contribution in [2.75, 3.05) is 18.5 Å². The molecule has 0 atom stereocenters. The number of hydrogen-bond acceptors (Lipinski definition) is 4. The molecule has 1 aromatic rings. The Kier molecular flexibility index (Phi) is 3.46. The molecule has 7 heteroatoms. The summed E-state index contributed by atoms with van der Waals surface area (Å²) in [6.07, 6.45) is -1.61. The van der Waals surface area contributed by atoms with E-state index in [0.29, 0.717) is 5.69 Å². The molecule has 0 unspecified atom stereocenters. The van der Waals surface area contributed by atoms with Crippen LogP contribution in [0.2, 0.25) is 0 Å². The molecule has 84 valence electrons. The number of nitrogens with zero attached hydrogens (tertiary/aromatic N) is 3. The van der Waals surface area contributed by atoms with Crippen LogP contribution in [0.15, 0.2) is 12.4 Å². The molecule has 0 aromatic carbocycles. The summed E-state index contributed by atoms with van der Waals surface area (Å²) < 4.78 is 36.1. The van der Waals surface area contributed by atoms with Gasteiger partial charge in [0, 0.05) is 13.6 Å². The Hall–Kier alpha value is -1.37. The van der Waals surface area contributed by atoms with Crippen LogP contribution >= 0.6 is 0 Å². The van der Waals surface area contributed by atoms with Crippen molar-refractivity contribution in [3.8, 4) is 0 Å². The highest BCUT2D eigenvalue weighted by Gasteiger charge is 2.29. The fourth-order valence-electron chi connectivity index (χ4n) is 1.00. The molecule has 15 heavy (non-hydrogen) atoms. The average molecular weight is 220 g/mol. The lowest BCUT2D eigenvalue weighted by Crippen LogP contribution is -2.31. The first-order chi connectivity index (χ1) is 6.92. The molecule has 0 aliphatic rings. The van der Waals surface area contributed by atoms with Gasteiger partial charge in [-0.15, -0.1) is 0 Å². The zero-order valence-corrected chi connectivity index (χ0v) is 8.12. The fraction of sp³-hybridized carbons (Fsp3) is 0.500. The van der Waals surface area contributed by atoms with Crippen molar-refractivity contribution < 1.29 is 13.2 Å². The number of alkyl halides is 3. The Labute approximate surface area is 84.9 Å². The van der Waals surface area contributed by atoms with Crippen molar-refractivity contribution in [3.63, 3.8) is 0 Å². The zero-order chi connectivity index (χ0) is 11.5. The van der Waals surface area contributed by atoms with Crippen LogP contribution in [0.5, 0.6) is 0 Å². The van der Waals surface area contributed by atoms with E-state index in [2.05, 4.69) is 9.97 Å². The third-order valence-corrected chi connectivity index (χ3v) is 1.71. The van der Waals surface area contributed by atoms with Gasteiger partial charge < -0.3 is 10.6 Å². The minimum atomic E-state index is -4.25. The maximum absolute atomic E-state index is 12.0. The zero-order valence-electron chi connectivity index (χ0n) is 8.12. The van der Waals surface area contributed by atoms with Crippen molar-refractivity contribution in [1.82, 2.24) is 9.97 Å². The van der Waals surface area contributed by atoms with Gasteiger partial charge in [-0.05, 0) is 0 Å². The molecule has 4 nitrogen and oxygen atoms in total. The minimum Gasteiger partial charge on any atom is -0.349 e. The Bertz CT molecular complexity index is 309. The molecule has 0 aliphatic carbocycles. The van der Waals surface area contributed by atoms with Crippen LogP contribution in [0.25, 0.3) is 0 Å². The third-order valence-electron chi connectivity index (χ3n) is 1.71. The molecule has 1 aromatic heterocycles. The van der Waals surface area contributed by atoms with Gasteiger partial charge in [0.25, 0.3) is 0 Å². The van der Waals surface area contributed by atoms with E-state index in [1.54, 1.807) is 0 Å². The smallest absolute Gasteiger partial charge is 0.349 e. The van der Waals surface area contributed by atoms with Crippen molar-refractivity contribution in [3.05, 3.63) is 18.1 Å². The van der Waals surface area contributed by atoms with Gasteiger partial charge in [-0.25, -0.2) is 4.98 Å². The first-order valence-electron chi connectivity index (χ1n) is 4.21. The highest BCUT2D eigenvalue weighted by atomic mass is 19.4. The van der Waals surface area contributed by atoms with E-state index in [9.17, 15) is 13.2 Å². The number of anilines is 1. The molecular formula is C8H11F3N4. The molecule has 0 radical (unpaired) electrons. The second kappa shape index (κ2) is 4.43. The predicted octanol–water partition coefficient (Wildman–Crippen LogP) is 0.934. The lowest BCUT2D eigenvalue weighted by Gasteiger charge is -2.19. The molecule has 2 N–H and O–H groups in total. The summed E-state index contributed by atoms with van der Waals surface area (Å²) in [6, 6.07) is 0. The van der Waals surface area contributed by atoms with Gasteiger partial charge in [-0.1, -0.05) is 0 Å². The number of halogens is 3. The molecule has 1 rings (SSSR count). The Morgan fingerprint density at radius 3 is 2.40 bits per heavy atom. The molecule has 0 spiro atoms. The fourth-order valence-corrected chi connectivity index (χ4v) is 1.00. The second-order valence-electron chi connectivity index (χ2n) is 3.04. The normalized spacial score (nSPS) is 11.5. The summed E-state index contributed by atoms with van der Waals surface area (Å²) in [6.45, 7) is -0.833. The standard InChI is InChI=1S/C8H11F3N4/c1-15(5-8(9,10)11)7-4-13-6(2-12)3-14-7/h3-4H,2,5,12H2,1H3. The molecule has 0 fully saturated rings. The monoisotopic (exact) mass is 220 g/mol. The van der Waals surface area contributed by atoms with Crippen molar-refractivity contribution >= 4 is 5.82 Å². The summed E-state index contributed by atoms with van der Waals surface area (Å²) in [7, 11) is 1.31. The first kappa shape index (κ1) is 11.7. The molecule has 0 saturated carbocycles. The Morgan fingerprint density at radius 1 is 1.33 bits per heavy atom. The summed E-state index contributed by atoms with van der Waals surface area (Å²) in [4.78, 5) is 8.65. The maximum Gasteiger partial charge on any atom is 0.405 e. The van der Waals surface area contributed by atoms with Crippen LogP contribution in [-0.2, 0) is 6.54 Å². The average Bonchev–Trinajstić information content (AvgIpc) is 2.15. The largest absolute Gasteiger partial charge is 0.405 e. The van der Waals surface area contributed by atoms with E-state index >= 15 is 0 Å². The van der Waals surface area contributed by atoms with Gasteiger partial charge in [0.2, 0.25) is 0 Å². The Morgan fingerprint density at radius 2 is 2.00 bits per heavy atom. The number of hydrogen-bond donors (Lipinski definition) is 1. The quantitative estimate of drug-likeness (QED) is 0.823. The van der Waals surface area contributed by atoms with E-state index < -0.39 is 12.7 Å². The predicted molar refractivity (Wildman–Crippen MR) is 49.2 cm³/mol. The first-order valence-corrected chi connectivity index (χ1v) is 4.21. The van der Waals surface area contributed by atoms with Crippen LogP contribution in [0.4, 0.5) is 19.0 Å². The van der Waals surface area contributed by atoms with Crippen LogP contribution in [0.1, 0.15) is 5.69 Å². The van der Waals surface area contributed by atoms with Gasteiger partial charge in [-0.3, -0.25) is 4.98 Å². The highest BCUT2D eigenvalue weighted by Crippen LogP contribution is 2.18. The van der Waals surface area contributed by atoms with Crippen molar-refractivity contribution in [1.29, 1.82) is 0 Å². The summed E-state index contributed by atoms with van der Waals surface area (Å²) >= 11 is 0. The number of aromatic nitrogens is 2. The maximum atomic E-state index is 12.0. The lowest BCUT2D eigenvalue weighted by molar-refractivity contribution is -0.119. The van der Waals surface area contributed by atoms with Gasteiger partial charge >= 0.3 is 6.18 Å². The Balaban J connectivity index is 2.70. The van der Waals surface area contributed by atoms with E-state index in [1.807, 2.05) is 0 Å². The van der Waals surface area contributed by atoms with E-state index in [1.165, 1.54) is 19.4 Å². The van der Waals surface area contributed by atoms with E-state index in [4.69, 9.17) is 5.73 Å². The minimum absolute atomic E-state index is 0.171. The molecular weight excluding hydrogens is 209 g/mol. The molecule has 0 amide bonds. The summed E-state index contributed by atoms with van der Waals surface area (Å²) in [5.74, 6) is 0.171.